The van der Waals surface area contributed by atoms with Gasteiger partial charge in [-0.25, -0.2) is 8.42 Å². The Balaban J connectivity index is 1.94. The first kappa shape index (κ1) is 17.2. The number of rotatable bonds is 5. The molecule has 1 atom stereocenters. The molecule has 0 saturated carbocycles. The highest BCUT2D eigenvalue weighted by atomic mass is 32.2. The lowest BCUT2D eigenvalue weighted by Gasteiger charge is -2.16. The number of benzene rings is 3. The first-order valence-electron chi connectivity index (χ1n) is 7.81. The number of hydrogen-bond donors (Lipinski definition) is 2. The van der Waals surface area contributed by atoms with E-state index in [-0.39, 0.29) is 10.6 Å². The molecule has 0 aromatic heterocycles. The van der Waals surface area contributed by atoms with Crippen LogP contribution in [0.3, 0.4) is 0 Å². The molecule has 5 heteroatoms. The van der Waals surface area contributed by atoms with Crippen molar-refractivity contribution in [2.75, 3.05) is 6.61 Å². The first-order valence-corrected chi connectivity index (χ1v) is 9.36. The van der Waals surface area contributed by atoms with E-state index in [1.165, 1.54) is 24.3 Å². The number of aliphatic hydroxyl groups excluding tert-OH is 1. The standard InChI is InChI=1S/C20H18O4S/c21-14-20(25(23,24)19-12-10-18(22)11-13-19)17-8-6-16(7-9-17)15-4-2-1-3-5-15/h1-13,20-22H,14H2. The maximum absolute atomic E-state index is 12.8. The Bertz CT molecular complexity index is 931. The van der Waals surface area contributed by atoms with Gasteiger partial charge in [-0.2, -0.15) is 0 Å². The summed E-state index contributed by atoms with van der Waals surface area (Å²) in [6.07, 6.45) is 0. The summed E-state index contributed by atoms with van der Waals surface area (Å²) in [6.45, 7) is -0.520. The second-order valence-electron chi connectivity index (χ2n) is 5.70. The Morgan fingerprint density at radius 1 is 0.760 bits per heavy atom. The molecular weight excluding hydrogens is 336 g/mol. The zero-order valence-electron chi connectivity index (χ0n) is 13.4. The van der Waals surface area contributed by atoms with Gasteiger partial charge in [0.15, 0.2) is 9.84 Å². The summed E-state index contributed by atoms with van der Waals surface area (Å²) in [5.41, 5.74) is 2.54. The van der Waals surface area contributed by atoms with Crippen molar-refractivity contribution in [2.45, 2.75) is 10.1 Å². The van der Waals surface area contributed by atoms with E-state index in [0.717, 1.165) is 11.1 Å². The Labute approximate surface area is 146 Å². The van der Waals surface area contributed by atoms with Crippen molar-refractivity contribution >= 4 is 9.84 Å². The summed E-state index contributed by atoms with van der Waals surface area (Å²) in [5, 5.41) is 18.0. The Hall–Kier alpha value is -2.63. The van der Waals surface area contributed by atoms with Crippen molar-refractivity contribution in [1.82, 2.24) is 0 Å². The molecule has 0 aliphatic carbocycles. The van der Waals surface area contributed by atoms with Crippen molar-refractivity contribution in [3.05, 3.63) is 84.4 Å². The largest absolute Gasteiger partial charge is 0.508 e. The average Bonchev–Trinajstić information content (AvgIpc) is 2.64. The van der Waals surface area contributed by atoms with Gasteiger partial charge in [-0.05, 0) is 41.0 Å². The molecule has 0 fully saturated rings. The highest BCUT2D eigenvalue weighted by molar-refractivity contribution is 7.91. The molecular formula is C20H18O4S. The summed E-state index contributed by atoms with van der Waals surface area (Å²) in [7, 11) is -3.76. The average molecular weight is 354 g/mol. The predicted molar refractivity (Wildman–Crippen MR) is 97.0 cm³/mol. The van der Waals surface area contributed by atoms with Crippen molar-refractivity contribution in [2.24, 2.45) is 0 Å². The molecule has 0 aliphatic rings. The van der Waals surface area contributed by atoms with E-state index >= 15 is 0 Å². The summed E-state index contributed by atoms with van der Waals surface area (Å²) in [5.74, 6) is -0.00767. The van der Waals surface area contributed by atoms with E-state index in [9.17, 15) is 18.6 Å². The van der Waals surface area contributed by atoms with Crippen molar-refractivity contribution < 1.29 is 18.6 Å². The molecule has 1 unspecified atom stereocenters. The van der Waals surface area contributed by atoms with Crippen LogP contribution in [0.25, 0.3) is 11.1 Å². The SMILES string of the molecule is O=S(=O)(c1ccc(O)cc1)C(CO)c1ccc(-c2ccccc2)cc1. The first-order chi connectivity index (χ1) is 12.0. The van der Waals surface area contributed by atoms with Crippen molar-refractivity contribution in [1.29, 1.82) is 0 Å². The van der Waals surface area contributed by atoms with Crippen LogP contribution in [0, 0.1) is 0 Å². The molecule has 0 saturated heterocycles. The smallest absolute Gasteiger partial charge is 0.187 e. The Morgan fingerprint density at radius 3 is 1.88 bits per heavy atom. The molecule has 3 rings (SSSR count). The highest BCUT2D eigenvalue weighted by Crippen LogP contribution is 2.31. The molecule has 4 nitrogen and oxygen atoms in total. The van der Waals surface area contributed by atoms with Gasteiger partial charge in [-0.15, -0.1) is 0 Å². The molecule has 2 N–H and O–H groups in total. The van der Waals surface area contributed by atoms with Crippen LogP contribution >= 0.6 is 0 Å². The maximum Gasteiger partial charge on any atom is 0.187 e. The van der Waals surface area contributed by atoms with Crippen LogP contribution < -0.4 is 0 Å². The molecule has 0 aliphatic heterocycles. The predicted octanol–water partition coefficient (Wildman–Crippen LogP) is 3.57. The number of aliphatic hydroxyl groups is 1. The third-order valence-corrected chi connectivity index (χ3v) is 6.19. The fourth-order valence-electron chi connectivity index (χ4n) is 2.70. The van der Waals surface area contributed by atoms with E-state index in [4.69, 9.17) is 0 Å². The van der Waals surface area contributed by atoms with Crippen LogP contribution in [0.15, 0.2) is 83.8 Å². The van der Waals surface area contributed by atoms with Crippen molar-refractivity contribution in [3.63, 3.8) is 0 Å². The lowest BCUT2D eigenvalue weighted by Crippen LogP contribution is -2.17. The summed E-state index contributed by atoms with van der Waals surface area (Å²) in [6, 6.07) is 22.2. The second kappa shape index (κ2) is 7.09. The quantitative estimate of drug-likeness (QED) is 0.735. The third kappa shape index (κ3) is 3.57. The minimum atomic E-state index is -3.76. The zero-order valence-corrected chi connectivity index (χ0v) is 14.2. The topological polar surface area (TPSA) is 74.6 Å². The molecule has 0 heterocycles. The molecule has 25 heavy (non-hydrogen) atoms. The van der Waals surface area contributed by atoms with Crippen LogP contribution in [0.2, 0.25) is 0 Å². The maximum atomic E-state index is 12.8. The van der Waals surface area contributed by atoms with Crippen LogP contribution in [0.1, 0.15) is 10.8 Å². The van der Waals surface area contributed by atoms with Gasteiger partial charge in [-0.3, -0.25) is 0 Å². The van der Waals surface area contributed by atoms with Gasteiger partial charge in [-0.1, -0.05) is 54.6 Å². The third-order valence-electron chi connectivity index (χ3n) is 4.10. The van der Waals surface area contributed by atoms with Gasteiger partial charge in [0.2, 0.25) is 0 Å². The molecule has 0 radical (unpaired) electrons. The van der Waals surface area contributed by atoms with Gasteiger partial charge < -0.3 is 10.2 Å². The monoisotopic (exact) mass is 354 g/mol. The van der Waals surface area contributed by atoms with Crippen molar-refractivity contribution in [3.8, 4) is 16.9 Å². The minimum Gasteiger partial charge on any atom is -0.508 e. The van der Waals surface area contributed by atoms with Gasteiger partial charge in [0.05, 0.1) is 11.5 Å². The van der Waals surface area contributed by atoms with E-state index in [2.05, 4.69) is 0 Å². The molecule has 0 bridgehead atoms. The molecule has 0 amide bonds. The summed E-state index contributed by atoms with van der Waals surface area (Å²) >= 11 is 0. The van der Waals surface area contributed by atoms with E-state index in [0.29, 0.717) is 5.56 Å². The number of phenolic OH excluding ortho intramolecular Hbond substituents is 1. The van der Waals surface area contributed by atoms with Gasteiger partial charge in [0.25, 0.3) is 0 Å². The van der Waals surface area contributed by atoms with Gasteiger partial charge in [0, 0.05) is 0 Å². The van der Waals surface area contributed by atoms with Crippen LogP contribution in [-0.2, 0) is 9.84 Å². The van der Waals surface area contributed by atoms with E-state index < -0.39 is 21.7 Å². The Kier molecular flexibility index (Phi) is 4.88. The Morgan fingerprint density at radius 2 is 1.32 bits per heavy atom. The highest BCUT2D eigenvalue weighted by Gasteiger charge is 2.28. The van der Waals surface area contributed by atoms with Gasteiger partial charge >= 0.3 is 0 Å². The van der Waals surface area contributed by atoms with Gasteiger partial charge in [0.1, 0.15) is 11.0 Å². The fourth-order valence-corrected chi connectivity index (χ4v) is 4.26. The molecule has 3 aromatic carbocycles. The minimum absolute atomic E-state index is 0.00767. The summed E-state index contributed by atoms with van der Waals surface area (Å²) in [4.78, 5) is 0.0662. The molecule has 128 valence electrons. The van der Waals surface area contributed by atoms with Crippen LogP contribution in [-0.4, -0.2) is 25.2 Å². The second-order valence-corrected chi connectivity index (χ2v) is 7.83. The molecule has 0 spiro atoms. The molecule has 3 aromatic rings. The normalized spacial score (nSPS) is 12.7. The fraction of sp³-hybridized carbons (Fsp3) is 0.100. The number of aromatic hydroxyl groups is 1. The van der Waals surface area contributed by atoms with E-state index in [1.807, 2.05) is 42.5 Å². The zero-order chi connectivity index (χ0) is 17.9. The van der Waals surface area contributed by atoms with E-state index in [1.54, 1.807) is 12.1 Å². The lowest BCUT2D eigenvalue weighted by atomic mass is 10.0. The van der Waals surface area contributed by atoms with Crippen LogP contribution in [0.5, 0.6) is 5.75 Å². The summed E-state index contributed by atoms with van der Waals surface area (Å²) < 4.78 is 25.6. The lowest BCUT2D eigenvalue weighted by molar-refractivity contribution is 0.291. The number of hydrogen-bond acceptors (Lipinski definition) is 4. The number of phenols is 1. The number of sulfone groups is 1. The van der Waals surface area contributed by atoms with Crippen LogP contribution in [0.4, 0.5) is 0 Å².